The Kier molecular flexibility index (Phi) is 4.53. The van der Waals surface area contributed by atoms with Crippen molar-refractivity contribution >= 4 is 5.69 Å². The lowest BCUT2D eigenvalue weighted by Crippen LogP contribution is -2.49. The minimum atomic E-state index is 0.625. The summed E-state index contributed by atoms with van der Waals surface area (Å²) in [5.74, 6) is 1.72. The molecule has 0 aromatic heterocycles. The fourth-order valence-corrected chi connectivity index (χ4v) is 2.53. The first kappa shape index (κ1) is 14.0. The molecule has 0 N–H and O–H groups in total. The second-order valence-corrected chi connectivity index (χ2v) is 5.15. The van der Waals surface area contributed by atoms with Crippen molar-refractivity contribution in [1.82, 2.24) is 4.90 Å². The maximum Gasteiger partial charge on any atom is 0.145 e. The largest absolute Gasteiger partial charge is 0.497 e. The van der Waals surface area contributed by atoms with Crippen LogP contribution in [-0.2, 0) is 0 Å². The van der Waals surface area contributed by atoms with Gasteiger partial charge in [-0.15, -0.1) is 0 Å². The standard InChI is InChI=1S/C15H24N2O2/c1-12(2)16-7-9-17(10-8-16)14-6-5-13(18-3)11-15(14)19-4/h5-6,11-12H,7-10H2,1-4H3. The van der Waals surface area contributed by atoms with E-state index < -0.39 is 0 Å². The normalized spacial score (nSPS) is 16.8. The molecule has 1 heterocycles. The van der Waals surface area contributed by atoms with Crippen molar-refractivity contribution in [1.29, 1.82) is 0 Å². The van der Waals surface area contributed by atoms with Gasteiger partial charge in [0.05, 0.1) is 19.9 Å². The molecule has 0 radical (unpaired) electrons. The van der Waals surface area contributed by atoms with Crippen molar-refractivity contribution in [3.8, 4) is 11.5 Å². The highest BCUT2D eigenvalue weighted by Gasteiger charge is 2.21. The molecule has 1 aliphatic heterocycles. The van der Waals surface area contributed by atoms with Gasteiger partial charge in [0.25, 0.3) is 0 Å². The summed E-state index contributed by atoms with van der Waals surface area (Å²) in [5.41, 5.74) is 1.16. The smallest absolute Gasteiger partial charge is 0.145 e. The Morgan fingerprint density at radius 2 is 1.68 bits per heavy atom. The van der Waals surface area contributed by atoms with Gasteiger partial charge >= 0.3 is 0 Å². The third-order valence-electron chi connectivity index (χ3n) is 3.77. The summed E-state index contributed by atoms with van der Waals surface area (Å²) in [6.45, 7) is 8.80. The summed E-state index contributed by atoms with van der Waals surface area (Å²) in [7, 11) is 3.39. The van der Waals surface area contributed by atoms with Gasteiger partial charge in [0.15, 0.2) is 0 Å². The van der Waals surface area contributed by atoms with Crippen LogP contribution in [-0.4, -0.2) is 51.3 Å². The van der Waals surface area contributed by atoms with Gasteiger partial charge in [0.2, 0.25) is 0 Å². The summed E-state index contributed by atoms with van der Waals surface area (Å²) >= 11 is 0. The second kappa shape index (κ2) is 6.15. The van der Waals surface area contributed by atoms with Gasteiger partial charge in [-0.25, -0.2) is 0 Å². The minimum absolute atomic E-state index is 0.625. The van der Waals surface area contributed by atoms with Crippen molar-refractivity contribution in [2.75, 3.05) is 45.3 Å². The summed E-state index contributed by atoms with van der Waals surface area (Å²) in [6, 6.07) is 6.65. The number of hydrogen-bond donors (Lipinski definition) is 0. The van der Waals surface area contributed by atoms with Crippen molar-refractivity contribution in [2.45, 2.75) is 19.9 Å². The van der Waals surface area contributed by atoms with E-state index in [0.717, 1.165) is 43.4 Å². The Hall–Kier alpha value is -1.42. The predicted octanol–water partition coefficient (Wildman–Crippen LogP) is 2.23. The molecule has 1 saturated heterocycles. The van der Waals surface area contributed by atoms with Gasteiger partial charge in [0.1, 0.15) is 11.5 Å². The molecule has 1 aromatic carbocycles. The highest BCUT2D eigenvalue weighted by molar-refractivity contribution is 5.61. The zero-order valence-corrected chi connectivity index (χ0v) is 12.3. The first-order valence-corrected chi connectivity index (χ1v) is 6.86. The molecule has 1 fully saturated rings. The van der Waals surface area contributed by atoms with Crippen molar-refractivity contribution < 1.29 is 9.47 Å². The number of piperazine rings is 1. The number of methoxy groups -OCH3 is 2. The van der Waals surface area contributed by atoms with E-state index in [2.05, 4.69) is 29.7 Å². The predicted molar refractivity (Wildman–Crippen MR) is 78.5 cm³/mol. The van der Waals surface area contributed by atoms with Gasteiger partial charge in [-0.05, 0) is 26.0 Å². The molecule has 1 aromatic rings. The SMILES string of the molecule is COc1ccc(N2CCN(C(C)C)CC2)c(OC)c1. The number of ether oxygens (including phenoxy) is 2. The maximum absolute atomic E-state index is 5.48. The molecule has 0 aliphatic carbocycles. The van der Waals surface area contributed by atoms with Crippen LogP contribution in [0.4, 0.5) is 5.69 Å². The van der Waals surface area contributed by atoms with Crippen LogP contribution in [0.25, 0.3) is 0 Å². The van der Waals surface area contributed by atoms with Gasteiger partial charge in [0, 0.05) is 38.3 Å². The number of nitrogens with zero attached hydrogens (tertiary/aromatic N) is 2. The monoisotopic (exact) mass is 264 g/mol. The summed E-state index contributed by atoms with van der Waals surface area (Å²) in [6.07, 6.45) is 0. The fraction of sp³-hybridized carbons (Fsp3) is 0.600. The zero-order chi connectivity index (χ0) is 13.8. The van der Waals surface area contributed by atoms with Crippen molar-refractivity contribution in [3.63, 3.8) is 0 Å². The molecular weight excluding hydrogens is 240 g/mol. The minimum Gasteiger partial charge on any atom is -0.497 e. The lowest BCUT2D eigenvalue weighted by atomic mass is 10.2. The third kappa shape index (κ3) is 3.13. The number of benzene rings is 1. The molecule has 106 valence electrons. The number of anilines is 1. The average Bonchev–Trinajstić information content (AvgIpc) is 2.46. The van der Waals surface area contributed by atoms with E-state index in [1.165, 1.54) is 0 Å². The Balaban J connectivity index is 2.10. The van der Waals surface area contributed by atoms with Crippen LogP contribution in [0.2, 0.25) is 0 Å². The molecule has 0 bridgehead atoms. The highest BCUT2D eigenvalue weighted by atomic mass is 16.5. The first-order valence-electron chi connectivity index (χ1n) is 6.86. The van der Waals surface area contributed by atoms with Crippen LogP contribution in [0.1, 0.15) is 13.8 Å². The van der Waals surface area contributed by atoms with Crippen LogP contribution in [0, 0.1) is 0 Å². The van der Waals surface area contributed by atoms with Crippen LogP contribution in [0.15, 0.2) is 18.2 Å². The Bertz CT molecular complexity index is 413. The van der Waals surface area contributed by atoms with E-state index >= 15 is 0 Å². The van der Waals surface area contributed by atoms with Crippen LogP contribution in [0.5, 0.6) is 11.5 Å². The van der Waals surface area contributed by atoms with Gasteiger partial charge < -0.3 is 14.4 Å². The molecule has 0 saturated carbocycles. The summed E-state index contributed by atoms with van der Waals surface area (Å²) in [5, 5.41) is 0. The summed E-state index contributed by atoms with van der Waals surface area (Å²) in [4.78, 5) is 4.89. The average molecular weight is 264 g/mol. The van der Waals surface area contributed by atoms with Gasteiger partial charge in [-0.2, -0.15) is 0 Å². The van der Waals surface area contributed by atoms with Crippen molar-refractivity contribution in [3.05, 3.63) is 18.2 Å². The van der Waals surface area contributed by atoms with E-state index in [0.29, 0.717) is 6.04 Å². The van der Waals surface area contributed by atoms with E-state index in [-0.39, 0.29) is 0 Å². The molecule has 0 unspecified atom stereocenters. The fourth-order valence-electron chi connectivity index (χ4n) is 2.53. The second-order valence-electron chi connectivity index (χ2n) is 5.15. The quantitative estimate of drug-likeness (QED) is 0.832. The molecular formula is C15H24N2O2. The van der Waals surface area contributed by atoms with Gasteiger partial charge in [-0.1, -0.05) is 0 Å². The van der Waals surface area contributed by atoms with E-state index in [4.69, 9.17) is 9.47 Å². The zero-order valence-electron chi connectivity index (χ0n) is 12.3. The maximum atomic E-state index is 5.48. The topological polar surface area (TPSA) is 24.9 Å². The molecule has 4 nitrogen and oxygen atoms in total. The van der Waals surface area contributed by atoms with Gasteiger partial charge in [-0.3, -0.25) is 4.90 Å². The van der Waals surface area contributed by atoms with Crippen LogP contribution in [0.3, 0.4) is 0 Å². The third-order valence-corrected chi connectivity index (χ3v) is 3.77. The first-order chi connectivity index (χ1) is 9.15. The molecule has 2 rings (SSSR count). The van der Waals surface area contributed by atoms with E-state index in [9.17, 15) is 0 Å². The Morgan fingerprint density at radius 3 is 2.21 bits per heavy atom. The molecule has 0 atom stereocenters. The van der Waals surface area contributed by atoms with E-state index in [1.807, 2.05) is 12.1 Å². The highest BCUT2D eigenvalue weighted by Crippen LogP contribution is 2.32. The Morgan fingerprint density at radius 1 is 1.00 bits per heavy atom. The van der Waals surface area contributed by atoms with Crippen LogP contribution < -0.4 is 14.4 Å². The number of rotatable bonds is 4. The van der Waals surface area contributed by atoms with Crippen molar-refractivity contribution in [2.24, 2.45) is 0 Å². The van der Waals surface area contributed by atoms with E-state index in [1.54, 1.807) is 14.2 Å². The van der Waals surface area contributed by atoms with Crippen LogP contribution >= 0.6 is 0 Å². The molecule has 0 spiro atoms. The number of hydrogen-bond acceptors (Lipinski definition) is 4. The molecule has 0 amide bonds. The molecule has 1 aliphatic rings. The lowest BCUT2D eigenvalue weighted by Gasteiger charge is -2.38. The summed E-state index contributed by atoms with van der Waals surface area (Å²) < 4.78 is 10.7. The molecule has 19 heavy (non-hydrogen) atoms. The lowest BCUT2D eigenvalue weighted by molar-refractivity contribution is 0.209. The Labute approximate surface area is 115 Å². The molecule has 4 heteroatoms.